The molecule has 2 aliphatic rings. The maximum atomic E-state index is 12.2. The lowest BCUT2D eigenvalue weighted by molar-refractivity contribution is -0.136. The minimum absolute atomic E-state index is 0.124. The maximum absolute atomic E-state index is 12.2. The van der Waals surface area contributed by atoms with Gasteiger partial charge in [0.05, 0.1) is 0 Å². The lowest BCUT2D eigenvalue weighted by Crippen LogP contribution is -2.52. The van der Waals surface area contributed by atoms with E-state index in [4.69, 9.17) is 0 Å². The average molecular weight is 280 g/mol. The van der Waals surface area contributed by atoms with Gasteiger partial charge in [-0.3, -0.25) is 4.79 Å². The van der Waals surface area contributed by atoms with Crippen molar-refractivity contribution in [3.63, 3.8) is 0 Å². The number of nitrogens with zero attached hydrogens (tertiary/aromatic N) is 1. The van der Waals surface area contributed by atoms with Gasteiger partial charge in [0.2, 0.25) is 5.91 Å². The second-order valence-corrected chi connectivity index (χ2v) is 7.35. The molecule has 20 heavy (non-hydrogen) atoms. The third-order valence-corrected chi connectivity index (χ3v) is 4.89. The first kappa shape index (κ1) is 15.8. The van der Waals surface area contributed by atoms with Crippen LogP contribution in [0.15, 0.2) is 0 Å². The van der Waals surface area contributed by atoms with Crippen LogP contribution in [0.5, 0.6) is 0 Å². The van der Waals surface area contributed by atoms with Gasteiger partial charge < -0.3 is 10.2 Å². The van der Waals surface area contributed by atoms with Crippen molar-refractivity contribution in [2.75, 3.05) is 19.6 Å². The molecule has 0 spiro atoms. The van der Waals surface area contributed by atoms with Crippen molar-refractivity contribution in [1.82, 2.24) is 10.2 Å². The Hall–Kier alpha value is -0.570. The van der Waals surface area contributed by atoms with E-state index >= 15 is 0 Å². The molecule has 2 atom stereocenters. The van der Waals surface area contributed by atoms with Crippen LogP contribution in [0.1, 0.15) is 59.3 Å². The summed E-state index contributed by atoms with van der Waals surface area (Å²) in [5.74, 6) is 1.94. The van der Waals surface area contributed by atoms with Gasteiger partial charge in [0.1, 0.15) is 0 Å². The van der Waals surface area contributed by atoms with Crippen molar-refractivity contribution in [2.45, 2.75) is 65.3 Å². The first-order valence-corrected chi connectivity index (χ1v) is 8.58. The fourth-order valence-electron chi connectivity index (χ4n) is 3.77. The molecule has 0 radical (unpaired) electrons. The van der Waals surface area contributed by atoms with E-state index in [1.165, 1.54) is 38.5 Å². The highest BCUT2D eigenvalue weighted by Gasteiger charge is 2.29. The fraction of sp³-hybridized carbons (Fsp3) is 0.941. The molecule has 1 N–H and O–H groups in total. The number of piperidine rings is 1. The molecule has 2 rings (SSSR count). The van der Waals surface area contributed by atoms with E-state index in [-0.39, 0.29) is 5.92 Å². The van der Waals surface area contributed by atoms with Crippen molar-refractivity contribution in [3.8, 4) is 0 Å². The molecule has 1 saturated heterocycles. The zero-order valence-corrected chi connectivity index (χ0v) is 13.5. The summed E-state index contributed by atoms with van der Waals surface area (Å²) in [6.45, 7) is 9.29. The first-order chi connectivity index (χ1) is 9.56. The van der Waals surface area contributed by atoms with Crippen LogP contribution in [-0.4, -0.2) is 36.5 Å². The Kier molecular flexibility index (Phi) is 5.88. The number of amides is 1. The van der Waals surface area contributed by atoms with Gasteiger partial charge in [0, 0.05) is 25.0 Å². The molecule has 1 heterocycles. The van der Waals surface area contributed by atoms with Gasteiger partial charge in [-0.1, -0.05) is 40.0 Å². The van der Waals surface area contributed by atoms with Crippen LogP contribution in [0.3, 0.4) is 0 Å². The number of hydrogen-bond acceptors (Lipinski definition) is 2. The van der Waals surface area contributed by atoms with E-state index in [1.54, 1.807) is 0 Å². The summed E-state index contributed by atoms with van der Waals surface area (Å²) in [5, 5.41) is 3.75. The maximum Gasteiger partial charge on any atom is 0.225 e. The molecule has 0 aromatic heterocycles. The Morgan fingerprint density at radius 2 is 1.90 bits per heavy atom. The van der Waals surface area contributed by atoms with E-state index in [0.717, 1.165) is 25.6 Å². The van der Waals surface area contributed by atoms with Crippen LogP contribution in [0.2, 0.25) is 0 Å². The summed E-state index contributed by atoms with van der Waals surface area (Å²) in [5.41, 5.74) is 0. The van der Waals surface area contributed by atoms with Gasteiger partial charge in [-0.25, -0.2) is 0 Å². The molecule has 0 bridgehead atoms. The highest BCUT2D eigenvalue weighted by Crippen LogP contribution is 2.24. The third kappa shape index (κ3) is 4.47. The predicted octanol–water partition coefficient (Wildman–Crippen LogP) is 3.05. The number of hydrogen-bond donors (Lipinski definition) is 1. The average Bonchev–Trinajstić information content (AvgIpc) is 2.44. The normalized spacial score (nSPS) is 28.9. The van der Waals surface area contributed by atoms with Crippen molar-refractivity contribution < 1.29 is 4.79 Å². The summed E-state index contributed by atoms with van der Waals surface area (Å²) in [6.07, 6.45) is 8.24. The Morgan fingerprint density at radius 3 is 2.55 bits per heavy atom. The topological polar surface area (TPSA) is 32.3 Å². The van der Waals surface area contributed by atoms with Crippen LogP contribution in [0, 0.1) is 17.8 Å². The van der Waals surface area contributed by atoms with Gasteiger partial charge in [-0.15, -0.1) is 0 Å². The van der Waals surface area contributed by atoms with E-state index in [1.807, 2.05) is 13.8 Å². The third-order valence-electron chi connectivity index (χ3n) is 4.89. The molecule has 3 heteroatoms. The zero-order valence-electron chi connectivity index (χ0n) is 13.5. The zero-order chi connectivity index (χ0) is 14.5. The summed E-state index contributed by atoms with van der Waals surface area (Å²) in [6, 6.07) is 0.503. The molecule has 0 aromatic rings. The lowest BCUT2D eigenvalue weighted by atomic mass is 9.88. The molecule has 1 saturated carbocycles. The number of carbonyl (C=O) groups is 1. The number of carbonyl (C=O) groups excluding carboxylic acids is 1. The molecular formula is C17H32N2O. The van der Waals surface area contributed by atoms with Crippen molar-refractivity contribution in [3.05, 3.63) is 0 Å². The molecule has 116 valence electrons. The summed E-state index contributed by atoms with van der Waals surface area (Å²) < 4.78 is 0. The largest absolute Gasteiger partial charge is 0.341 e. The summed E-state index contributed by atoms with van der Waals surface area (Å²) in [4.78, 5) is 14.3. The Balaban J connectivity index is 1.80. The standard InChI is InChI=1S/C17H32N2O/c1-13(2)17(20)19-11-14(3)9-16(12-19)18-10-15-7-5-4-6-8-15/h13-16,18H,4-12H2,1-3H3. The quantitative estimate of drug-likeness (QED) is 0.858. The van der Waals surface area contributed by atoms with E-state index in [9.17, 15) is 4.79 Å². The van der Waals surface area contributed by atoms with E-state index in [0.29, 0.717) is 17.9 Å². The second-order valence-electron chi connectivity index (χ2n) is 7.35. The lowest BCUT2D eigenvalue weighted by Gasteiger charge is -2.38. The highest BCUT2D eigenvalue weighted by atomic mass is 16.2. The van der Waals surface area contributed by atoms with Crippen molar-refractivity contribution in [2.24, 2.45) is 17.8 Å². The van der Waals surface area contributed by atoms with Crippen LogP contribution < -0.4 is 5.32 Å². The molecule has 2 unspecified atom stereocenters. The number of rotatable bonds is 4. The van der Waals surface area contributed by atoms with Gasteiger partial charge in [0.15, 0.2) is 0 Å². The molecule has 0 aromatic carbocycles. The predicted molar refractivity (Wildman–Crippen MR) is 83.6 cm³/mol. The first-order valence-electron chi connectivity index (χ1n) is 8.58. The smallest absolute Gasteiger partial charge is 0.225 e. The van der Waals surface area contributed by atoms with Crippen LogP contribution in [-0.2, 0) is 4.79 Å². The second kappa shape index (κ2) is 7.44. The van der Waals surface area contributed by atoms with Gasteiger partial charge in [-0.05, 0) is 37.6 Å². The molecule has 3 nitrogen and oxygen atoms in total. The number of likely N-dealkylation sites (tertiary alicyclic amines) is 1. The minimum atomic E-state index is 0.124. The van der Waals surface area contributed by atoms with Gasteiger partial charge in [0.25, 0.3) is 0 Å². The highest BCUT2D eigenvalue weighted by molar-refractivity contribution is 5.78. The van der Waals surface area contributed by atoms with E-state index < -0.39 is 0 Å². The van der Waals surface area contributed by atoms with Crippen LogP contribution in [0.25, 0.3) is 0 Å². The summed E-state index contributed by atoms with van der Waals surface area (Å²) >= 11 is 0. The Morgan fingerprint density at radius 1 is 1.20 bits per heavy atom. The van der Waals surface area contributed by atoms with Crippen LogP contribution >= 0.6 is 0 Å². The SMILES string of the molecule is CC1CC(NCC2CCCCC2)CN(C(=O)C(C)C)C1. The fourth-order valence-corrected chi connectivity index (χ4v) is 3.77. The van der Waals surface area contributed by atoms with E-state index in [2.05, 4.69) is 17.1 Å². The molecule has 1 aliphatic carbocycles. The molecule has 2 fully saturated rings. The monoisotopic (exact) mass is 280 g/mol. The molecule has 1 amide bonds. The van der Waals surface area contributed by atoms with Crippen LogP contribution in [0.4, 0.5) is 0 Å². The summed E-state index contributed by atoms with van der Waals surface area (Å²) in [7, 11) is 0. The molecular weight excluding hydrogens is 248 g/mol. The Bertz CT molecular complexity index is 310. The number of nitrogens with one attached hydrogen (secondary N) is 1. The van der Waals surface area contributed by atoms with Crippen molar-refractivity contribution in [1.29, 1.82) is 0 Å². The molecule has 1 aliphatic heterocycles. The minimum Gasteiger partial charge on any atom is -0.341 e. The van der Waals surface area contributed by atoms with Crippen molar-refractivity contribution >= 4 is 5.91 Å². The Labute approximate surface area is 124 Å². The van der Waals surface area contributed by atoms with Gasteiger partial charge >= 0.3 is 0 Å². The van der Waals surface area contributed by atoms with Gasteiger partial charge in [-0.2, -0.15) is 0 Å².